The van der Waals surface area contributed by atoms with E-state index in [0.717, 1.165) is 73.3 Å². The molecule has 3 heterocycles. The summed E-state index contributed by atoms with van der Waals surface area (Å²) in [5, 5.41) is 4.73. The normalized spacial score (nSPS) is 17.3. The van der Waals surface area contributed by atoms with Crippen molar-refractivity contribution >= 4 is 44.8 Å². The average molecular weight is 406 g/mol. The van der Waals surface area contributed by atoms with E-state index in [1.807, 2.05) is 11.6 Å². The fourth-order valence-corrected chi connectivity index (χ4v) is 5.59. The number of aromatic nitrogens is 2. The van der Waals surface area contributed by atoms with Crippen LogP contribution in [0.3, 0.4) is 0 Å². The van der Waals surface area contributed by atoms with Gasteiger partial charge in [-0.2, -0.15) is 0 Å². The van der Waals surface area contributed by atoms with Crippen LogP contribution in [0.5, 0.6) is 0 Å². The maximum atomic E-state index is 13.4. The summed E-state index contributed by atoms with van der Waals surface area (Å²) in [6.45, 7) is 6.19. The van der Waals surface area contributed by atoms with Gasteiger partial charge in [-0.25, -0.2) is 4.98 Å². The topological polar surface area (TPSA) is 53.4 Å². The highest BCUT2D eigenvalue weighted by Gasteiger charge is 2.26. The molecule has 1 fully saturated rings. The molecule has 0 bridgehead atoms. The summed E-state index contributed by atoms with van der Waals surface area (Å²) in [4.78, 5) is 25.2. The minimum Gasteiger partial charge on any atom is -0.366 e. The lowest BCUT2D eigenvalue weighted by atomic mass is 9.97. The van der Waals surface area contributed by atoms with Gasteiger partial charge in [-0.3, -0.25) is 9.36 Å². The number of piperazine rings is 1. The van der Waals surface area contributed by atoms with Crippen LogP contribution in [-0.2, 0) is 19.4 Å². The molecule has 0 unspecified atom stereocenters. The SMILES string of the molecule is CCCn1c(N2CCN(C(=S)NC)CC2)nc2sc3c(c2c1=O)CCCC3. The van der Waals surface area contributed by atoms with E-state index in [0.29, 0.717) is 0 Å². The van der Waals surface area contributed by atoms with Crippen molar-refractivity contribution in [3.05, 3.63) is 20.8 Å². The Labute approximate surface area is 169 Å². The van der Waals surface area contributed by atoms with Crippen LogP contribution < -0.4 is 15.8 Å². The molecular weight excluding hydrogens is 378 g/mol. The Kier molecular flexibility index (Phi) is 5.36. The van der Waals surface area contributed by atoms with E-state index in [2.05, 4.69) is 22.0 Å². The lowest BCUT2D eigenvalue weighted by Gasteiger charge is -2.37. The largest absolute Gasteiger partial charge is 0.366 e. The first kappa shape index (κ1) is 18.7. The van der Waals surface area contributed by atoms with Gasteiger partial charge in [-0.05, 0) is 49.9 Å². The number of hydrogen-bond acceptors (Lipinski definition) is 5. The Hall–Kier alpha value is -1.67. The molecule has 1 aliphatic carbocycles. The second kappa shape index (κ2) is 7.75. The fraction of sp³-hybridized carbons (Fsp3) is 0.632. The summed E-state index contributed by atoms with van der Waals surface area (Å²) in [7, 11) is 1.86. The quantitative estimate of drug-likeness (QED) is 0.792. The van der Waals surface area contributed by atoms with Crippen molar-refractivity contribution in [2.45, 2.75) is 45.6 Å². The molecular formula is C19H27N5OS2. The van der Waals surface area contributed by atoms with Gasteiger partial charge in [0.05, 0.1) is 5.39 Å². The predicted molar refractivity (Wildman–Crippen MR) is 116 cm³/mol. The van der Waals surface area contributed by atoms with Gasteiger partial charge in [0.1, 0.15) is 4.83 Å². The first-order valence-electron chi connectivity index (χ1n) is 9.90. The highest BCUT2D eigenvalue weighted by molar-refractivity contribution is 7.80. The third kappa shape index (κ3) is 3.33. The number of nitrogens with one attached hydrogen (secondary N) is 1. The maximum Gasteiger partial charge on any atom is 0.263 e. The number of hydrogen-bond donors (Lipinski definition) is 1. The van der Waals surface area contributed by atoms with Crippen molar-refractivity contribution in [3.63, 3.8) is 0 Å². The van der Waals surface area contributed by atoms with E-state index < -0.39 is 0 Å². The van der Waals surface area contributed by atoms with Gasteiger partial charge < -0.3 is 15.1 Å². The van der Waals surface area contributed by atoms with Crippen molar-refractivity contribution in [3.8, 4) is 0 Å². The Morgan fingerprint density at radius 3 is 2.67 bits per heavy atom. The third-order valence-electron chi connectivity index (χ3n) is 5.57. The molecule has 0 radical (unpaired) electrons. The second-order valence-electron chi connectivity index (χ2n) is 7.29. The van der Waals surface area contributed by atoms with E-state index in [9.17, 15) is 4.79 Å². The van der Waals surface area contributed by atoms with Gasteiger partial charge in [0.15, 0.2) is 5.11 Å². The van der Waals surface area contributed by atoms with Crippen LogP contribution in [0.4, 0.5) is 5.95 Å². The zero-order valence-electron chi connectivity index (χ0n) is 16.1. The maximum absolute atomic E-state index is 13.4. The van der Waals surface area contributed by atoms with Gasteiger partial charge in [-0.1, -0.05) is 6.92 Å². The molecule has 2 aliphatic rings. The van der Waals surface area contributed by atoms with Crippen LogP contribution in [0.25, 0.3) is 10.2 Å². The lowest BCUT2D eigenvalue weighted by molar-refractivity contribution is 0.377. The van der Waals surface area contributed by atoms with Crippen LogP contribution in [0, 0.1) is 0 Å². The molecule has 1 aliphatic heterocycles. The first-order chi connectivity index (χ1) is 13.1. The highest BCUT2D eigenvalue weighted by Crippen LogP contribution is 2.34. The van der Waals surface area contributed by atoms with Crippen molar-refractivity contribution in [2.24, 2.45) is 0 Å². The molecule has 0 aromatic carbocycles. The number of nitrogens with zero attached hydrogens (tertiary/aromatic N) is 4. The number of thiophene rings is 1. The van der Waals surface area contributed by atoms with Gasteiger partial charge in [-0.15, -0.1) is 11.3 Å². The zero-order valence-corrected chi connectivity index (χ0v) is 17.7. The van der Waals surface area contributed by atoms with Crippen LogP contribution in [0.2, 0.25) is 0 Å². The summed E-state index contributed by atoms with van der Waals surface area (Å²) in [6.07, 6.45) is 5.46. The Balaban J connectivity index is 1.73. The fourth-order valence-electron chi connectivity index (χ4n) is 4.16. The second-order valence-corrected chi connectivity index (χ2v) is 8.76. The van der Waals surface area contributed by atoms with Crippen LogP contribution in [-0.4, -0.2) is 52.8 Å². The summed E-state index contributed by atoms with van der Waals surface area (Å²) in [5.41, 5.74) is 1.43. The molecule has 0 amide bonds. The molecule has 0 atom stereocenters. The van der Waals surface area contributed by atoms with Gasteiger partial charge in [0.2, 0.25) is 5.95 Å². The number of fused-ring (bicyclic) bond motifs is 3. The average Bonchev–Trinajstić information content (AvgIpc) is 3.08. The van der Waals surface area contributed by atoms with E-state index in [1.165, 1.54) is 23.3 Å². The molecule has 0 spiro atoms. The smallest absolute Gasteiger partial charge is 0.263 e. The first-order valence-corrected chi connectivity index (χ1v) is 11.1. The lowest BCUT2D eigenvalue weighted by Crippen LogP contribution is -2.52. The van der Waals surface area contributed by atoms with E-state index in [1.54, 1.807) is 11.3 Å². The molecule has 27 heavy (non-hydrogen) atoms. The number of aryl methyl sites for hydroxylation is 2. The number of thiocarbonyl (C=S) groups is 1. The molecule has 4 rings (SSSR count). The molecule has 2 aromatic rings. The predicted octanol–water partition coefficient (Wildman–Crippen LogP) is 2.37. The van der Waals surface area contributed by atoms with Crippen molar-refractivity contribution in [2.75, 3.05) is 38.1 Å². The summed E-state index contributed by atoms with van der Waals surface area (Å²) in [6, 6.07) is 0. The third-order valence-corrected chi connectivity index (χ3v) is 7.21. The van der Waals surface area contributed by atoms with Crippen molar-refractivity contribution in [1.29, 1.82) is 0 Å². The van der Waals surface area contributed by atoms with Crippen LogP contribution in [0.1, 0.15) is 36.6 Å². The number of rotatable bonds is 3. The van der Waals surface area contributed by atoms with Gasteiger partial charge in [0, 0.05) is 44.6 Å². The zero-order chi connectivity index (χ0) is 19.0. The van der Waals surface area contributed by atoms with E-state index >= 15 is 0 Å². The number of anilines is 1. The Bertz CT molecular complexity index is 911. The minimum atomic E-state index is 0.157. The standard InChI is InChI=1S/C19H27N5OS2/c1-3-8-24-17(25)15-13-6-4-5-7-14(13)27-16(15)21-18(24)22-9-11-23(12-10-22)19(26)20-2/h3-12H2,1-2H3,(H,20,26). The molecule has 1 N–H and O–H groups in total. The Morgan fingerprint density at radius 1 is 1.22 bits per heavy atom. The van der Waals surface area contributed by atoms with Crippen molar-refractivity contribution in [1.82, 2.24) is 19.8 Å². The van der Waals surface area contributed by atoms with Crippen LogP contribution in [0.15, 0.2) is 4.79 Å². The minimum absolute atomic E-state index is 0.157. The molecule has 146 valence electrons. The van der Waals surface area contributed by atoms with Gasteiger partial charge in [0.25, 0.3) is 5.56 Å². The summed E-state index contributed by atoms with van der Waals surface area (Å²) in [5.74, 6) is 0.836. The van der Waals surface area contributed by atoms with Crippen LogP contribution >= 0.6 is 23.6 Å². The summed E-state index contributed by atoms with van der Waals surface area (Å²) >= 11 is 7.09. The monoisotopic (exact) mass is 405 g/mol. The molecule has 6 nitrogen and oxygen atoms in total. The van der Waals surface area contributed by atoms with E-state index in [-0.39, 0.29) is 5.56 Å². The molecule has 8 heteroatoms. The molecule has 2 aromatic heterocycles. The Morgan fingerprint density at radius 2 is 1.96 bits per heavy atom. The van der Waals surface area contributed by atoms with E-state index in [4.69, 9.17) is 17.2 Å². The molecule has 0 saturated carbocycles. The highest BCUT2D eigenvalue weighted by atomic mass is 32.1. The summed E-state index contributed by atoms with van der Waals surface area (Å²) < 4.78 is 1.91. The van der Waals surface area contributed by atoms with Crippen molar-refractivity contribution < 1.29 is 0 Å². The van der Waals surface area contributed by atoms with Gasteiger partial charge >= 0.3 is 0 Å². The molecule has 1 saturated heterocycles.